The lowest BCUT2D eigenvalue weighted by Gasteiger charge is -2.27. The van der Waals surface area contributed by atoms with Crippen molar-refractivity contribution in [2.45, 2.75) is 52.7 Å². The van der Waals surface area contributed by atoms with Crippen LogP contribution in [0.25, 0.3) is 0 Å². The predicted molar refractivity (Wildman–Crippen MR) is 94.1 cm³/mol. The fraction of sp³-hybridized carbons (Fsp3) is 0.588. The molecule has 0 radical (unpaired) electrons. The van der Waals surface area contributed by atoms with Crippen LogP contribution in [0.1, 0.15) is 42.4 Å². The fourth-order valence-electron chi connectivity index (χ4n) is 3.14. The highest BCUT2D eigenvalue weighted by Crippen LogP contribution is 2.14. The van der Waals surface area contributed by atoms with Crippen LogP contribution in [-0.2, 0) is 30.8 Å². The predicted octanol–water partition coefficient (Wildman–Crippen LogP) is 0.683. The number of aromatic amines is 2. The maximum atomic E-state index is 12.1. The summed E-state index contributed by atoms with van der Waals surface area (Å²) in [6.45, 7) is 8.32. The molecule has 8 nitrogen and oxygen atoms in total. The van der Waals surface area contributed by atoms with Gasteiger partial charge in [0.2, 0.25) is 5.91 Å². The van der Waals surface area contributed by atoms with Crippen molar-refractivity contribution < 1.29 is 4.79 Å². The molecule has 0 unspecified atom stereocenters. The Kier molecular flexibility index (Phi) is 5.37. The van der Waals surface area contributed by atoms with Crippen LogP contribution in [0.4, 0.5) is 0 Å². The van der Waals surface area contributed by atoms with E-state index in [2.05, 4.69) is 38.5 Å². The lowest BCUT2D eigenvalue weighted by molar-refractivity contribution is -0.120. The van der Waals surface area contributed by atoms with Gasteiger partial charge in [0.1, 0.15) is 0 Å². The largest absolute Gasteiger partial charge is 0.350 e. The highest BCUT2D eigenvalue weighted by atomic mass is 16.2. The summed E-state index contributed by atoms with van der Waals surface area (Å²) in [6.07, 6.45) is 2.49. The normalized spacial score (nSPS) is 14.5. The molecule has 2 aromatic heterocycles. The molecule has 1 amide bonds. The van der Waals surface area contributed by atoms with Crippen molar-refractivity contribution in [3.05, 3.63) is 39.1 Å². The molecular formula is C17H26N6O2. The fourth-order valence-corrected chi connectivity index (χ4v) is 3.14. The van der Waals surface area contributed by atoms with Crippen molar-refractivity contribution in [3.8, 4) is 0 Å². The van der Waals surface area contributed by atoms with Gasteiger partial charge in [-0.05, 0) is 26.0 Å². The Balaban J connectivity index is 1.54. The molecule has 3 N–H and O–H groups in total. The molecule has 8 heteroatoms. The average Bonchev–Trinajstić information content (AvgIpc) is 3.15. The molecule has 0 spiro atoms. The summed E-state index contributed by atoms with van der Waals surface area (Å²) in [5.41, 5.74) is 3.00. The molecule has 0 fully saturated rings. The third-order valence-corrected chi connectivity index (χ3v) is 4.65. The van der Waals surface area contributed by atoms with Gasteiger partial charge in [0.05, 0.1) is 30.9 Å². The van der Waals surface area contributed by atoms with Gasteiger partial charge in [-0.15, -0.1) is 0 Å². The number of aromatic nitrogens is 4. The Morgan fingerprint density at radius 2 is 2.20 bits per heavy atom. The monoisotopic (exact) mass is 346 g/mol. The van der Waals surface area contributed by atoms with Gasteiger partial charge in [-0.1, -0.05) is 13.3 Å². The minimum atomic E-state index is -0.239. The molecule has 0 saturated carbocycles. The highest BCUT2D eigenvalue weighted by Gasteiger charge is 2.18. The number of nitrogens with one attached hydrogen (secondary N) is 3. The van der Waals surface area contributed by atoms with Gasteiger partial charge in [0.15, 0.2) is 0 Å². The van der Waals surface area contributed by atoms with Crippen molar-refractivity contribution in [1.29, 1.82) is 0 Å². The lowest BCUT2D eigenvalue weighted by Crippen LogP contribution is -2.34. The molecule has 0 aromatic carbocycles. The molecule has 1 aliphatic rings. The van der Waals surface area contributed by atoms with E-state index in [1.54, 1.807) is 6.92 Å². The molecule has 0 bridgehead atoms. The molecule has 2 aromatic rings. The molecular weight excluding hydrogens is 320 g/mol. The summed E-state index contributed by atoms with van der Waals surface area (Å²) in [6, 6.07) is 2.06. The van der Waals surface area contributed by atoms with E-state index < -0.39 is 0 Å². The molecule has 3 heterocycles. The summed E-state index contributed by atoms with van der Waals surface area (Å²) in [5.74, 6) is -0.177. The zero-order chi connectivity index (χ0) is 17.8. The van der Waals surface area contributed by atoms with E-state index >= 15 is 0 Å². The zero-order valence-electron chi connectivity index (χ0n) is 14.9. The van der Waals surface area contributed by atoms with Crippen molar-refractivity contribution in [2.75, 3.05) is 13.1 Å². The van der Waals surface area contributed by atoms with Crippen molar-refractivity contribution in [3.63, 3.8) is 0 Å². The van der Waals surface area contributed by atoms with Crippen LogP contribution in [0, 0.1) is 6.92 Å². The van der Waals surface area contributed by atoms with Gasteiger partial charge in [0.25, 0.3) is 5.56 Å². The van der Waals surface area contributed by atoms with Gasteiger partial charge in [-0.3, -0.25) is 24.3 Å². The number of rotatable bonds is 7. The van der Waals surface area contributed by atoms with E-state index in [0.717, 1.165) is 31.9 Å². The second-order valence-corrected chi connectivity index (χ2v) is 6.62. The summed E-state index contributed by atoms with van der Waals surface area (Å²) in [7, 11) is 0. The quantitative estimate of drug-likeness (QED) is 0.687. The number of hydrogen-bond acceptors (Lipinski definition) is 4. The minimum absolute atomic E-state index is 0.0724. The van der Waals surface area contributed by atoms with Gasteiger partial charge in [0, 0.05) is 24.3 Å². The zero-order valence-corrected chi connectivity index (χ0v) is 14.9. The summed E-state index contributed by atoms with van der Waals surface area (Å²) >= 11 is 0. The van der Waals surface area contributed by atoms with Crippen LogP contribution in [-0.4, -0.2) is 43.9 Å². The maximum Gasteiger partial charge on any atom is 0.267 e. The van der Waals surface area contributed by atoms with Crippen LogP contribution in [0.3, 0.4) is 0 Å². The summed E-state index contributed by atoms with van der Waals surface area (Å²) in [5, 5.41) is 12.6. The Labute approximate surface area is 146 Å². The molecule has 25 heavy (non-hydrogen) atoms. The van der Waals surface area contributed by atoms with Gasteiger partial charge >= 0.3 is 0 Å². The SMILES string of the molecule is CCCCN1CCn2nc(CNC(=O)Cc3c(C)[nH][nH]c3=O)cc2C1. The third kappa shape index (κ3) is 4.19. The Morgan fingerprint density at radius 3 is 2.92 bits per heavy atom. The number of H-pyrrole nitrogens is 2. The van der Waals surface area contributed by atoms with Gasteiger partial charge in [-0.2, -0.15) is 5.10 Å². The minimum Gasteiger partial charge on any atom is -0.350 e. The summed E-state index contributed by atoms with van der Waals surface area (Å²) < 4.78 is 2.03. The number of unbranched alkanes of at least 4 members (excludes halogenated alkanes) is 1. The summed E-state index contributed by atoms with van der Waals surface area (Å²) in [4.78, 5) is 26.1. The molecule has 136 valence electrons. The van der Waals surface area contributed by atoms with E-state index in [4.69, 9.17) is 0 Å². The molecule has 0 aliphatic carbocycles. The van der Waals surface area contributed by atoms with Crippen LogP contribution >= 0.6 is 0 Å². The van der Waals surface area contributed by atoms with E-state index in [1.165, 1.54) is 18.5 Å². The first-order valence-electron chi connectivity index (χ1n) is 8.87. The molecule has 3 rings (SSSR count). The maximum absolute atomic E-state index is 12.1. The lowest BCUT2D eigenvalue weighted by atomic mass is 10.2. The number of carbonyl (C=O) groups excluding carboxylic acids is 1. The Hall–Kier alpha value is -2.35. The van der Waals surface area contributed by atoms with Crippen LogP contribution in [0.5, 0.6) is 0 Å². The number of amides is 1. The van der Waals surface area contributed by atoms with E-state index in [1.807, 2.05) is 4.68 Å². The average molecular weight is 346 g/mol. The Bertz CT molecular complexity index is 787. The van der Waals surface area contributed by atoms with E-state index in [9.17, 15) is 9.59 Å². The van der Waals surface area contributed by atoms with Gasteiger partial charge in [-0.25, -0.2) is 0 Å². The second kappa shape index (κ2) is 7.69. The smallest absolute Gasteiger partial charge is 0.267 e. The first-order chi connectivity index (χ1) is 12.1. The number of nitrogens with zero attached hydrogens (tertiary/aromatic N) is 3. The molecule has 0 saturated heterocycles. The standard InChI is InChI=1S/C17H26N6O2/c1-3-4-5-22-6-7-23-14(11-22)8-13(21-23)10-18-16(24)9-15-12(2)19-20-17(15)25/h8H,3-7,9-11H2,1-2H3,(H,18,24)(H2,19,20,25). The van der Waals surface area contributed by atoms with E-state index in [0.29, 0.717) is 17.8 Å². The van der Waals surface area contributed by atoms with Crippen molar-refractivity contribution in [2.24, 2.45) is 0 Å². The number of aryl methyl sites for hydroxylation is 1. The number of hydrogen-bond donors (Lipinski definition) is 3. The molecule has 0 atom stereocenters. The second-order valence-electron chi connectivity index (χ2n) is 6.62. The first kappa shape index (κ1) is 17.5. The van der Waals surface area contributed by atoms with Crippen LogP contribution < -0.4 is 10.9 Å². The third-order valence-electron chi connectivity index (χ3n) is 4.65. The van der Waals surface area contributed by atoms with Crippen LogP contribution in [0.15, 0.2) is 10.9 Å². The Morgan fingerprint density at radius 1 is 1.36 bits per heavy atom. The van der Waals surface area contributed by atoms with E-state index in [-0.39, 0.29) is 17.9 Å². The first-order valence-corrected chi connectivity index (χ1v) is 8.87. The number of carbonyl (C=O) groups is 1. The van der Waals surface area contributed by atoms with Crippen molar-refractivity contribution >= 4 is 5.91 Å². The topological polar surface area (TPSA) is 98.8 Å². The van der Waals surface area contributed by atoms with Gasteiger partial charge < -0.3 is 10.4 Å². The highest BCUT2D eigenvalue weighted by molar-refractivity contribution is 5.78. The number of fused-ring (bicyclic) bond motifs is 1. The van der Waals surface area contributed by atoms with Crippen LogP contribution in [0.2, 0.25) is 0 Å². The molecule has 1 aliphatic heterocycles. The van der Waals surface area contributed by atoms with Crippen molar-refractivity contribution in [1.82, 2.24) is 30.2 Å².